The molecule has 0 saturated heterocycles. The van der Waals surface area contributed by atoms with Crippen LogP contribution in [-0.4, -0.2) is 17.4 Å². The molecule has 0 aliphatic carbocycles. The van der Waals surface area contributed by atoms with Crippen molar-refractivity contribution in [1.29, 1.82) is 0 Å². The fourth-order valence-corrected chi connectivity index (χ4v) is 2.44. The average Bonchev–Trinajstić information content (AvgIpc) is 2.54. The van der Waals surface area contributed by atoms with E-state index in [4.69, 9.17) is 4.74 Å². The molecule has 0 aromatic heterocycles. The van der Waals surface area contributed by atoms with Crippen molar-refractivity contribution in [1.82, 2.24) is 5.32 Å². The Morgan fingerprint density at radius 1 is 1.18 bits per heavy atom. The number of nitrogens with zero attached hydrogens (tertiary/aromatic N) is 1. The molecule has 1 aliphatic heterocycles. The molecule has 1 amide bonds. The number of ether oxygens (including phenoxy) is 1. The molecular formula is C16H14N2O4. The molecule has 22 heavy (non-hydrogen) atoms. The molecule has 0 fully saturated rings. The number of fused-ring (bicyclic) bond motifs is 1. The molecule has 2 aromatic rings. The average molecular weight is 298 g/mol. The second-order valence-corrected chi connectivity index (χ2v) is 5.00. The minimum Gasteiger partial charge on any atom is -0.489 e. The number of non-ortho nitro benzene ring substituents is 1. The third kappa shape index (κ3) is 2.76. The first kappa shape index (κ1) is 14.1. The van der Waals surface area contributed by atoms with E-state index in [9.17, 15) is 14.9 Å². The van der Waals surface area contributed by atoms with Gasteiger partial charge in [-0.25, -0.2) is 0 Å². The summed E-state index contributed by atoms with van der Waals surface area (Å²) in [5.74, 6) is 0.604. The topological polar surface area (TPSA) is 81.5 Å². The third-order valence-corrected chi connectivity index (χ3v) is 3.58. The van der Waals surface area contributed by atoms with Crippen molar-refractivity contribution in [3.05, 3.63) is 69.3 Å². The highest BCUT2D eigenvalue weighted by atomic mass is 16.6. The van der Waals surface area contributed by atoms with Gasteiger partial charge in [-0.05, 0) is 36.2 Å². The number of nitro benzene ring substituents is 1. The van der Waals surface area contributed by atoms with E-state index in [1.165, 1.54) is 12.1 Å². The third-order valence-electron chi connectivity index (χ3n) is 3.58. The van der Waals surface area contributed by atoms with Gasteiger partial charge in [0, 0.05) is 29.8 Å². The van der Waals surface area contributed by atoms with Gasteiger partial charge in [-0.1, -0.05) is 6.07 Å². The zero-order chi connectivity index (χ0) is 15.5. The smallest absolute Gasteiger partial charge is 0.269 e. The lowest BCUT2D eigenvalue weighted by Crippen LogP contribution is -2.32. The van der Waals surface area contributed by atoms with Gasteiger partial charge in [0.1, 0.15) is 12.4 Å². The van der Waals surface area contributed by atoms with Crippen LogP contribution in [0.2, 0.25) is 0 Å². The molecule has 1 N–H and O–H groups in total. The van der Waals surface area contributed by atoms with E-state index in [2.05, 4.69) is 5.32 Å². The summed E-state index contributed by atoms with van der Waals surface area (Å²) in [6.07, 6.45) is 0.734. The molecule has 0 atom stereocenters. The first-order valence-electron chi connectivity index (χ1n) is 6.91. The van der Waals surface area contributed by atoms with Gasteiger partial charge in [0.2, 0.25) is 0 Å². The van der Waals surface area contributed by atoms with Crippen LogP contribution >= 0.6 is 0 Å². The van der Waals surface area contributed by atoms with Crippen molar-refractivity contribution in [3.63, 3.8) is 0 Å². The number of hydrogen-bond donors (Lipinski definition) is 1. The van der Waals surface area contributed by atoms with Crippen molar-refractivity contribution in [2.75, 3.05) is 6.54 Å². The zero-order valence-electron chi connectivity index (χ0n) is 11.7. The molecule has 6 nitrogen and oxygen atoms in total. The van der Waals surface area contributed by atoms with Crippen LogP contribution in [0.15, 0.2) is 42.5 Å². The molecule has 1 heterocycles. The van der Waals surface area contributed by atoms with Gasteiger partial charge in [0.15, 0.2) is 0 Å². The van der Waals surface area contributed by atoms with Crippen LogP contribution in [0.25, 0.3) is 0 Å². The summed E-state index contributed by atoms with van der Waals surface area (Å²) >= 11 is 0. The molecule has 0 saturated carbocycles. The van der Waals surface area contributed by atoms with Crippen LogP contribution in [0.1, 0.15) is 21.5 Å². The molecule has 0 bridgehead atoms. The van der Waals surface area contributed by atoms with Crippen LogP contribution in [0.3, 0.4) is 0 Å². The summed E-state index contributed by atoms with van der Waals surface area (Å²) in [7, 11) is 0. The summed E-state index contributed by atoms with van der Waals surface area (Å²) in [5.41, 5.74) is 2.45. The molecule has 3 rings (SSSR count). The fraction of sp³-hybridized carbons (Fsp3) is 0.188. The fourth-order valence-electron chi connectivity index (χ4n) is 2.44. The lowest BCUT2D eigenvalue weighted by Gasteiger charge is -2.19. The highest BCUT2D eigenvalue weighted by molar-refractivity contribution is 5.97. The van der Waals surface area contributed by atoms with Gasteiger partial charge in [-0.15, -0.1) is 0 Å². The van der Waals surface area contributed by atoms with E-state index in [0.29, 0.717) is 24.5 Å². The number of amides is 1. The highest BCUT2D eigenvalue weighted by Crippen LogP contribution is 2.26. The van der Waals surface area contributed by atoms with Gasteiger partial charge in [-0.3, -0.25) is 14.9 Å². The maximum absolute atomic E-state index is 11.8. The predicted molar refractivity (Wildman–Crippen MR) is 79.9 cm³/mol. The van der Waals surface area contributed by atoms with Gasteiger partial charge in [-0.2, -0.15) is 0 Å². The van der Waals surface area contributed by atoms with Gasteiger partial charge in [0.05, 0.1) is 4.92 Å². The van der Waals surface area contributed by atoms with Crippen molar-refractivity contribution < 1.29 is 14.5 Å². The van der Waals surface area contributed by atoms with Crippen LogP contribution < -0.4 is 10.1 Å². The van der Waals surface area contributed by atoms with Crippen molar-refractivity contribution in [2.24, 2.45) is 0 Å². The first-order chi connectivity index (χ1) is 10.6. The van der Waals surface area contributed by atoms with E-state index >= 15 is 0 Å². The SMILES string of the molecule is O=C1NCCc2c(OCc3ccc([N+](=O)[O-])cc3)cccc21. The lowest BCUT2D eigenvalue weighted by molar-refractivity contribution is -0.384. The van der Waals surface area contributed by atoms with E-state index in [1.807, 2.05) is 6.07 Å². The van der Waals surface area contributed by atoms with Crippen molar-refractivity contribution in [2.45, 2.75) is 13.0 Å². The molecule has 6 heteroatoms. The number of nitro groups is 1. The van der Waals surface area contributed by atoms with Crippen molar-refractivity contribution in [3.8, 4) is 5.75 Å². The number of carbonyl (C=O) groups is 1. The highest BCUT2D eigenvalue weighted by Gasteiger charge is 2.19. The maximum atomic E-state index is 11.8. The number of rotatable bonds is 4. The van der Waals surface area contributed by atoms with E-state index in [-0.39, 0.29) is 11.6 Å². The summed E-state index contributed by atoms with van der Waals surface area (Å²) in [6.45, 7) is 0.903. The van der Waals surface area contributed by atoms with E-state index in [0.717, 1.165) is 17.5 Å². The lowest BCUT2D eigenvalue weighted by atomic mass is 9.99. The minimum absolute atomic E-state index is 0.0533. The van der Waals surface area contributed by atoms with Gasteiger partial charge >= 0.3 is 0 Å². The second-order valence-electron chi connectivity index (χ2n) is 5.00. The van der Waals surface area contributed by atoms with E-state index in [1.54, 1.807) is 24.3 Å². The Kier molecular flexibility index (Phi) is 3.74. The molecule has 2 aromatic carbocycles. The number of benzene rings is 2. The molecule has 1 aliphatic rings. The monoisotopic (exact) mass is 298 g/mol. The van der Waals surface area contributed by atoms with E-state index < -0.39 is 4.92 Å². The predicted octanol–water partition coefficient (Wildman–Crippen LogP) is 2.46. The number of carbonyl (C=O) groups excluding carboxylic acids is 1. The number of nitrogens with one attached hydrogen (secondary N) is 1. The summed E-state index contributed by atoms with van der Waals surface area (Å²) in [4.78, 5) is 22.0. The van der Waals surface area contributed by atoms with Crippen LogP contribution in [-0.2, 0) is 13.0 Å². The summed E-state index contributed by atoms with van der Waals surface area (Å²) in [5, 5.41) is 13.4. The molecular weight excluding hydrogens is 284 g/mol. The first-order valence-corrected chi connectivity index (χ1v) is 6.91. The summed E-state index contributed by atoms with van der Waals surface area (Å²) in [6, 6.07) is 11.6. The Morgan fingerprint density at radius 2 is 1.95 bits per heavy atom. The Balaban J connectivity index is 1.75. The van der Waals surface area contributed by atoms with Crippen molar-refractivity contribution >= 4 is 11.6 Å². The Bertz CT molecular complexity index is 725. The van der Waals surface area contributed by atoms with Gasteiger partial charge < -0.3 is 10.1 Å². The minimum atomic E-state index is -0.434. The van der Waals surface area contributed by atoms with Gasteiger partial charge in [0.25, 0.3) is 11.6 Å². The normalized spacial score (nSPS) is 13.2. The summed E-state index contributed by atoms with van der Waals surface area (Å²) < 4.78 is 5.79. The molecule has 0 unspecified atom stereocenters. The molecule has 0 radical (unpaired) electrons. The molecule has 112 valence electrons. The quantitative estimate of drug-likeness (QED) is 0.694. The Morgan fingerprint density at radius 3 is 2.68 bits per heavy atom. The standard InChI is InChI=1S/C16H14N2O4/c19-16-14-2-1-3-15(13(14)8-9-17-16)22-10-11-4-6-12(7-5-11)18(20)21/h1-7H,8-10H2,(H,17,19). The Hall–Kier alpha value is -2.89. The van der Waals surface area contributed by atoms with Crippen LogP contribution in [0.5, 0.6) is 5.75 Å². The number of hydrogen-bond acceptors (Lipinski definition) is 4. The molecule has 0 spiro atoms. The van der Waals surface area contributed by atoms with Crippen LogP contribution in [0.4, 0.5) is 5.69 Å². The zero-order valence-corrected chi connectivity index (χ0v) is 11.7. The maximum Gasteiger partial charge on any atom is 0.269 e. The second kappa shape index (κ2) is 5.85. The Labute approximate surface area is 126 Å². The largest absolute Gasteiger partial charge is 0.489 e. The van der Waals surface area contributed by atoms with Crippen LogP contribution in [0, 0.1) is 10.1 Å².